The van der Waals surface area contributed by atoms with Crippen molar-refractivity contribution in [1.82, 2.24) is 5.32 Å². The molecule has 0 bridgehead atoms. The fraction of sp³-hybridized carbons (Fsp3) is 0.440. The minimum atomic E-state index is -0.954. The summed E-state index contributed by atoms with van der Waals surface area (Å²) in [5.74, 6) is -0.697. The van der Waals surface area contributed by atoms with E-state index in [4.69, 9.17) is 14.9 Å². The van der Waals surface area contributed by atoms with E-state index >= 15 is 0 Å². The highest BCUT2D eigenvalue weighted by Crippen LogP contribution is 2.25. The first-order valence-corrected chi connectivity index (χ1v) is 11.1. The Morgan fingerprint density at radius 1 is 0.909 bits per heavy atom. The fourth-order valence-electron chi connectivity index (χ4n) is 2.12. The van der Waals surface area contributed by atoms with Gasteiger partial charge in [-0.1, -0.05) is 47.6 Å². The molecule has 0 fully saturated rings. The summed E-state index contributed by atoms with van der Waals surface area (Å²) in [6.45, 7) is 13.5. The molecule has 2 aromatic carbocycles. The Hall–Kier alpha value is -3.26. The van der Waals surface area contributed by atoms with Crippen LogP contribution in [0.2, 0.25) is 0 Å². The van der Waals surface area contributed by atoms with Gasteiger partial charge in [0.1, 0.15) is 11.8 Å². The van der Waals surface area contributed by atoms with Gasteiger partial charge in [-0.15, -0.1) is 0 Å². The standard InChI is InChI=1S/C10H13NO4.C9H11NO2.3C2H6/c1-11-7(10(14)15)4-6-2-3-8(12)9(13)5-6;1-7(11)10-8-3-5-9(12-2)6-4-8;3*1-2/h2-3,5,7,11-13H,4H2,1H3,(H,14,15);3-6H,1-2H3,(H,10,11);3*1-2H3/t7-;;;;/m0..../s1. The SMILES string of the molecule is CC.CC.CC.CN[C@@H](Cc1ccc(O)c(O)c1)C(=O)O.COc1ccc(NC(C)=O)cc1. The quantitative estimate of drug-likeness (QED) is 0.377. The first-order valence-electron chi connectivity index (χ1n) is 11.1. The zero-order chi connectivity index (χ0) is 26.4. The van der Waals surface area contributed by atoms with Crippen molar-refractivity contribution in [3.05, 3.63) is 48.0 Å². The third kappa shape index (κ3) is 16.1. The van der Waals surface area contributed by atoms with Crippen LogP contribution >= 0.6 is 0 Å². The number of rotatable bonds is 6. The van der Waals surface area contributed by atoms with Crippen LogP contribution in [0.4, 0.5) is 5.69 Å². The molecule has 8 nitrogen and oxygen atoms in total. The number of carboxylic acid groups (broad SMARTS) is 1. The van der Waals surface area contributed by atoms with Crippen molar-refractivity contribution >= 4 is 17.6 Å². The summed E-state index contributed by atoms with van der Waals surface area (Å²) in [5.41, 5.74) is 1.43. The number of carbonyl (C=O) groups is 2. The van der Waals surface area contributed by atoms with Crippen LogP contribution in [0.1, 0.15) is 54.0 Å². The number of aliphatic carboxylic acids is 1. The molecule has 0 radical (unpaired) electrons. The van der Waals surface area contributed by atoms with Crippen molar-refractivity contribution < 1.29 is 29.6 Å². The number of phenols is 2. The number of aromatic hydroxyl groups is 2. The first kappa shape index (κ1) is 34.4. The van der Waals surface area contributed by atoms with Crippen LogP contribution in [0.5, 0.6) is 17.2 Å². The van der Waals surface area contributed by atoms with Gasteiger partial charge in [0, 0.05) is 12.6 Å². The van der Waals surface area contributed by atoms with Gasteiger partial charge in [-0.3, -0.25) is 9.59 Å². The summed E-state index contributed by atoms with van der Waals surface area (Å²) in [6, 6.07) is 10.7. The molecule has 0 spiro atoms. The highest BCUT2D eigenvalue weighted by molar-refractivity contribution is 5.88. The largest absolute Gasteiger partial charge is 0.504 e. The molecular formula is C25H42N2O6. The summed E-state index contributed by atoms with van der Waals surface area (Å²) in [4.78, 5) is 21.3. The molecule has 0 aliphatic rings. The van der Waals surface area contributed by atoms with E-state index in [1.807, 2.05) is 41.5 Å². The lowest BCUT2D eigenvalue weighted by molar-refractivity contribution is -0.139. The van der Waals surface area contributed by atoms with Gasteiger partial charge in [-0.2, -0.15) is 0 Å². The summed E-state index contributed by atoms with van der Waals surface area (Å²) in [7, 11) is 3.16. The van der Waals surface area contributed by atoms with Crippen molar-refractivity contribution in [2.75, 3.05) is 19.5 Å². The molecule has 188 valence electrons. The van der Waals surface area contributed by atoms with Crippen LogP contribution in [0.15, 0.2) is 42.5 Å². The Labute approximate surface area is 198 Å². The minimum absolute atomic E-state index is 0.0693. The third-order valence-electron chi connectivity index (χ3n) is 3.54. The average molecular weight is 467 g/mol. The van der Waals surface area contributed by atoms with E-state index in [0.29, 0.717) is 5.56 Å². The zero-order valence-corrected chi connectivity index (χ0v) is 21.4. The summed E-state index contributed by atoms with van der Waals surface area (Å²) < 4.78 is 4.96. The van der Waals surface area contributed by atoms with Gasteiger partial charge in [0.25, 0.3) is 0 Å². The third-order valence-corrected chi connectivity index (χ3v) is 3.54. The van der Waals surface area contributed by atoms with E-state index < -0.39 is 12.0 Å². The Morgan fingerprint density at radius 3 is 1.79 bits per heavy atom. The van der Waals surface area contributed by atoms with E-state index in [1.165, 1.54) is 19.1 Å². The number of ether oxygens (including phenoxy) is 1. The van der Waals surface area contributed by atoms with Gasteiger partial charge >= 0.3 is 5.97 Å². The summed E-state index contributed by atoms with van der Waals surface area (Å²) in [5, 5.41) is 32.4. The smallest absolute Gasteiger partial charge is 0.321 e. The molecule has 1 atom stereocenters. The number of amides is 1. The van der Waals surface area contributed by atoms with E-state index in [0.717, 1.165) is 11.4 Å². The number of hydrogen-bond acceptors (Lipinski definition) is 6. The fourth-order valence-corrected chi connectivity index (χ4v) is 2.12. The van der Waals surface area contributed by atoms with Gasteiger partial charge in [-0.25, -0.2) is 0 Å². The van der Waals surface area contributed by atoms with E-state index in [1.54, 1.807) is 44.5 Å². The van der Waals surface area contributed by atoms with Crippen LogP contribution in [0.25, 0.3) is 0 Å². The number of carboxylic acids is 1. The van der Waals surface area contributed by atoms with Crippen molar-refractivity contribution in [1.29, 1.82) is 0 Å². The maximum Gasteiger partial charge on any atom is 0.321 e. The Balaban J connectivity index is -0.000000450. The molecule has 2 aromatic rings. The number of likely N-dealkylation sites (N-methyl/N-ethyl adjacent to an activating group) is 1. The van der Waals surface area contributed by atoms with Crippen LogP contribution in [0, 0.1) is 0 Å². The van der Waals surface area contributed by atoms with E-state index in [2.05, 4.69) is 10.6 Å². The highest BCUT2D eigenvalue weighted by Gasteiger charge is 2.15. The number of anilines is 1. The van der Waals surface area contributed by atoms with Crippen molar-refractivity contribution in [3.63, 3.8) is 0 Å². The van der Waals surface area contributed by atoms with Crippen molar-refractivity contribution in [2.24, 2.45) is 0 Å². The molecule has 5 N–H and O–H groups in total. The first-order chi connectivity index (χ1) is 15.8. The Bertz CT molecular complexity index is 764. The van der Waals surface area contributed by atoms with Gasteiger partial charge in [-0.05, 0) is 55.4 Å². The Kier molecular flexibility index (Phi) is 22.9. The summed E-state index contributed by atoms with van der Waals surface area (Å²) >= 11 is 0. The number of nitrogens with one attached hydrogen (secondary N) is 2. The second-order valence-electron chi connectivity index (χ2n) is 5.62. The lowest BCUT2D eigenvalue weighted by Gasteiger charge is -2.11. The second kappa shape index (κ2) is 22.0. The summed E-state index contributed by atoms with van der Waals surface area (Å²) in [6.07, 6.45) is 0.250. The molecule has 0 unspecified atom stereocenters. The Morgan fingerprint density at radius 2 is 1.42 bits per heavy atom. The maximum absolute atomic E-state index is 10.7. The number of carbonyl (C=O) groups excluding carboxylic acids is 1. The van der Waals surface area contributed by atoms with Gasteiger partial charge in [0.2, 0.25) is 5.91 Å². The predicted molar refractivity (Wildman–Crippen MR) is 135 cm³/mol. The molecule has 33 heavy (non-hydrogen) atoms. The molecule has 2 rings (SSSR count). The number of benzene rings is 2. The van der Waals surface area contributed by atoms with Crippen LogP contribution in [0.3, 0.4) is 0 Å². The molecular weight excluding hydrogens is 424 g/mol. The normalized spacial score (nSPS) is 9.48. The molecule has 0 aliphatic carbocycles. The van der Waals surface area contributed by atoms with E-state index in [-0.39, 0.29) is 23.8 Å². The lowest BCUT2D eigenvalue weighted by Crippen LogP contribution is -2.35. The molecule has 1 amide bonds. The van der Waals surface area contributed by atoms with E-state index in [9.17, 15) is 14.7 Å². The number of phenolic OH excluding ortho intramolecular Hbond substituents is 2. The monoisotopic (exact) mass is 466 g/mol. The number of hydrogen-bond donors (Lipinski definition) is 5. The highest BCUT2D eigenvalue weighted by atomic mass is 16.5. The van der Waals surface area contributed by atoms with Gasteiger partial charge in [0.05, 0.1) is 7.11 Å². The maximum atomic E-state index is 10.7. The van der Waals surface area contributed by atoms with Crippen molar-refractivity contribution in [3.8, 4) is 17.2 Å². The van der Waals surface area contributed by atoms with Crippen LogP contribution in [-0.2, 0) is 16.0 Å². The van der Waals surface area contributed by atoms with Crippen molar-refractivity contribution in [2.45, 2.75) is 60.9 Å². The van der Waals surface area contributed by atoms with Gasteiger partial charge in [0.15, 0.2) is 11.5 Å². The molecule has 0 aromatic heterocycles. The molecule has 8 heteroatoms. The predicted octanol–water partition coefficient (Wildman–Crippen LogP) is 5.05. The average Bonchev–Trinajstić information content (AvgIpc) is 2.84. The minimum Gasteiger partial charge on any atom is -0.504 e. The molecule has 0 heterocycles. The topological polar surface area (TPSA) is 128 Å². The molecule has 0 aliphatic heterocycles. The van der Waals surface area contributed by atoms with Crippen LogP contribution in [-0.4, -0.2) is 47.4 Å². The molecule has 0 saturated carbocycles. The van der Waals surface area contributed by atoms with Crippen LogP contribution < -0.4 is 15.4 Å². The zero-order valence-electron chi connectivity index (χ0n) is 21.4. The van der Waals surface area contributed by atoms with Gasteiger partial charge < -0.3 is 30.7 Å². The second-order valence-corrected chi connectivity index (χ2v) is 5.62. The molecule has 0 saturated heterocycles. The number of methoxy groups -OCH3 is 1. The lowest BCUT2D eigenvalue weighted by atomic mass is 10.1.